The molecule has 0 unspecified atom stereocenters. The van der Waals surface area contributed by atoms with Crippen molar-refractivity contribution in [2.45, 2.75) is 25.5 Å². The van der Waals surface area contributed by atoms with E-state index in [0.29, 0.717) is 10.9 Å². The number of hydrogen-bond donors (Lipinski definition) is 0. The number of hydrogen-bond acceptors (Lipinski definition) is 5. The molecule has 2 heterocycles. The highest BCUT2D eigenvalue weighted by molar-refractivity contribution is 7.99. The molecule has 0 saturated heterocycles. The predicted molar refractivity (Wildman–Crippen MR) is 79.9 cm³/mol. The number of aryl methyl sites for hydroxylation is 1. The van der Waals surface area contributed by atoms with E-state index >= 15 is 0 Å². The summed E-state index contributed by atoms with van der Waals surface area (Å²) < 4.78 is 2.12. The van der Waals surface area contributed by atoms with Crippen molar-refractivity contribution in [3.8, 4) is 0 Å². The number of fused-ring (bicyclic) bond motifs is 3. The molecule has 0 N–H and O–H groups in total. The van der Waals surface area contributed by atoms with Crippen LogP contribution in [0.3, 0.4) is 0 Å². The fraction of sp³-hybridized carbons (Fsp3) is 0.286. The monoisotopic (exact) mass is 286 g/mol. The van der Waals surface area contributed by atoms with Gasteiger partial charge in [-0.3, -0.25) is 4.79 Å². The van der Waals surface area contributed by atoms with Gasteiger partial charge in [0.05, 0.1) is 11.3 Å². The lowest BCUT2D eigenvalue weighted by atomic mass is 10.2. The number of Topliss-reactive ketones (excluding diaryl/α,β-unsaturated/α-hetero) is 1. The number of ketones is 1. The van der Waals surface area contributed by atoms with Gasteiger partial charge in [0.15, 0.2) is 5.65 Å². The van der Waals surface area contributed by atoms with Gasteiger partial charge in [-0.05, 0) is 19.9 Å². The van der Waals surface area contributed by atoms with Gasteiger partial charge in [-0.1, -0.05) is 30.0 Å². The smallest absolute Gasteiger partial charge is 0.211 e. The van der Waals surface area contributed by atoms with E-state index in [1.54, 1.807) is 6.92 Å². The van der Waals surface area contributed by atoms with Crippen molar-refractivity contribution in [1.82, 2.24) is 19.7 Å². The molecule has 2 aromatic heterocycles. The van der Waals surface area contributed by atoms with Gasteiger partial charge >= 0.3 is 0 Å². The fourth-order valence-electron chi connectivity index (χ4n) is 2.24. The van der Waals surface area contributed by atoms with E-state index in [-0.39, 0.29) is 5.78 Å². The summed E-state index contributed by atoms with van der Waals surface area (Å²) in [5.41, 5.74) is 2.75. The van der Waals surface area contributed by atoms with E-state index in [2.05, 4.69) is 32.7 Å². The highest BCUT2D eigenvalue weighted by Crippen LogP contribution is 2.26. The minimum atomic E-state index is 0.106. The molecule has 102 valence electrons. The van der Waals surface area contributed by atoms with Crippen LogP contribution in [0.4, 0.5) is 0 Å². The van der Waals surface area contributed by atoms with Crippen LogP contribution in [0.15, 0.2) is 29.4 Å². The number of carbonyl (C=O) groups excluding carboxylic acids is 1. The molecule has 0 aliphatic heterocycles. The topological polar surface area (TPSA) is 60.7 Å². The Morgan fingerprint density at radius 3 is 2.85 bits per heavy atom. The van der Waals surface area contributed by atoms with Crippen molar-refractivity contribution in [3.63, 3.8) is 0 Å². The number of aromatic nitrogens is 4. The zero-order valence-electron chi connectivity index (χ0n) is 11.3. The van der Waals surface area contributed by atoms with Gasteiger partial charge < -0.3 is 4.57 Å². The molecule has 1 aromatic carbocycles. The van der Waals surface area contributed by atoms with Crippen LogP contribution in [-0.4, -0.2) is 31.3 Å². The van der Waals surface area contributed by atoms with E-state index in [0.717, 1.165) is 28.6 Å². The van der Waals surface area contributed by atoms with Gasteiger partial charge in [-0.25, -0.2) is 4.98 Å². The average molecular weight is 286 g/mol. The van der Waals surface area contributed by atoms with Crippen molar-refractivity contribution < 1.29 is 4.79 Å². The molecule has 0 aliphatic carbocycles. The Labute approximate surface area is 120 Å². The molecule has 6 heteroatoms. The second-order valence-electron chi connectivity index (χ2n) is 4.52. The first-order valence-corrected chi connectivity index (χ1v) is 7.43. The van der Waals surface area contributed by atoms with Gasteiger partial charge in [0.2, 0.25) is 5.16 Å². The van der Waals surface area contributed by atoms with E-state index in [1.165, 1.54) is 11.8 Å². The second-order valence-corrected chi connectivity index (χ2v) is 5.46. The molecule has 3 rings (SSSR count). The quantitative estimate of drug-likeness (QED) is 0.690. The Balaban J connectivity index is 2.17. The summed E-state index contributed by atoms with van der Waals surface area (Å²) in [4.78, 5) is 15.6. The molecule has 0 radical (unpaired) electrons. The summed E-state index contributed by atoms with van der Waals surface area (Å²) in [5, 5.41) is 10.0. The number of nitrogens with zero attached hydrogens (tertiary/aromatic N) is 4. The minimum absolute atomic E-state index is 0.106. The zero-order chi connectivity index (χ0) is 14.1. The van der Waals surface area contributed by atoms with Crippen LogP contribution in [0.25, 0.3) is 22.1 Å². The lowest BCUT2D eigenvalue weighted by molar-refractivity contribution is -0.114. The lowest BCUT2D eigenvalue weighted by Gasteiger charge is -2.02. The van der Waals surface area contributed by atoms with Crippen LogP contribution in [0.2, 0.25) is 0 Å². The Morgan fingerprint density at radius 1 is 1.30 bits per heavy atom. The van der Waals surface area contributed by atoms with Crippen molar-refractivity contribution in [3.05, 3.63) is 24.3 Å². The Hall–Kier alpha value is -1.95. The number of rotatable bonds is 4. The molecule has 0 fully saturated rings. The predicted octanol–water partition coefficient (Wildman–Crippen LogP) is 2.68. The van der Waals surface area contributed by atoms with E-state index < -0.39 is 0 Å². The fourth-order valence-corrected chi connectivity index (χ4v) is 2.82. The highest BCUT2D eigenvalue weighted by Gasteiger charge is 2.13. The molecule has 0 saturated carbocycles. The maximum absolute atomic E-state index is 11.0. The van der Waals surface area contributed by atoms with E-state index in [1.807, 2.05) is 18.2 Å². The first-order chi connectivity index (χ1) is 9.70. The van der Waals surface area contributed by atoms with Crippen LogP contribution >= 0.6 is 11.8 Å². The molecule has 0 spiro atoms. The summed E-state index contributed by atoms with van der Waals surface area (Å²) in [6.45, 7) is 4.46. The molecule has 20 heavy (non-hydrogen) atoms. The third-order valence-corrected chi connectivity index (χ3v) is 4.06. The third kappa shape index (κ3) is 2.16. The summed E-state index contributed by atoms with van der Waals surface area (Å²) in [6, 6.07) is 8.08. The average Bonchev–Trinajstić information content (AvgIpc) is 2.78. The van der Waals surface area contributed by atoms with Gasteiger partial charge in [0.25, 0.3) is 0 Å². The molecule has 0 aliphatic rings. The Bertz CT molecular complexity index is 796. The molecular formula is C14H14N4OS. The van der Waals surface area contributed by atoms with Crippen molar-refractivity contribution in [2.24, 2.45) is 0 Å². The molecule has 5 nitrogen and oxygen atoms in total. The van der Waals surface area contributed by atoms with E-state index in [9.17, 15) is 4.79 Å². The van der Waals surface area contributed by atoms with Gasteiger partial charge in [-0.2, -0.15) is 0 Å². The SMILES string of the molecule is CCn1c2ccccc2c2nnc(SCC(C)=O)nc21. The Morgan fingerprint density at radius 2 is 2.10 bits per heavy atom. The third-order valence-electron chi connectivity index (χ3n) is 3.08. The first kappa shape index (κ1) is 13.1. The summed E-state index contributed by atoms with van der Waals surface area (Å²) >= 11 is 1.32. The van der Waals surface area contributed by atoms with Crippen molar-refractivity contribution >= 4 is 39.6 Å². The van der Waals surface area contributed by atoms with Crippen LogP contribution < -0.4 is 0 Å². The number of para-hydroxylation sites is 1. The summed E-state index contributed by atoms with van der Waals surface area (Å²) in [6.07, 6.45) is 0. The van der Waals surface area contributed by atoms with Gasteiger partial charge in [0, 0.05) is 11.9 Å². The Kier molecular flexibility index (Phi) is 3.40. The van der Waals surface area contributed by atoms with Crippen LogP contribution in [0, 0.1) is 0 Å². The van der Waals surface area contributed by atoms with Gasteiger partial charge in [0.1, 0.15) is 11.3 Å². The summed E-state index contributed by atoms with van der Waals surface area (Å²) in [7, 11) is 0. The number of benzene rings is 1. The maximum Gasteiger partial charge on any atom is 0.211 e. The zero-order valence-corrected chi connectivity index (χ0v) is 12.1. The van der Waals surface area contributed by atoms with E-state index in [4.69, 9.17) is 0 Å². The highest BCUT2D eigenvalue weighted by atomic mass is 32.2. The van der Waals surface area contributed by atoms with Crippen LogP contribution in [-0.2, 0) is 11.3 Å². The molecule has 0 amide bonds. The summed E-state index contributed by atoms with van der Waals surface area (Å²) in [5.74, 6) is 0.481. The molecule has 3 aromatic rings. The lowest BCUT2D eigenvalue weighted by Crippen LogP contribution is -2.00. The molecule has 0 bridgehead atoms. The molecular weight excluding hydrogens is 272 g/mol. The minimum Gasteiger partial charge on any atom is -0.324 e. The van der Waals surface area contributed by atoms with Crippen molar-refractivity contribution in [1.29, 1.82) is 0 Å². The first-order valence-electron chi connectivity index (χ1n) is 6.44. The maximum atomic E-state index is 11.0. The van der Waals surface area contributed by atoms with Crippen molar-refractivity contribution in [2.75, 3.05) is 5.75 Å². The van der Waals surface area contributed by atoms with Crippen LogP contribution in [0.5, 0.6) is 0 Å². The standard InChI is InChI=1S/C14H14N4OS/c1-3-18-11-7-5-4-6-10(11)12-13(18)15-14(17-16-12)20-8-9(2)19/h4-7H,3,8H2,1-2H3. The second kappa shape index (κ2) is 5.20. The molecule has 0 atom stereocenters. The normalized spacial score (nSPS) is 11.3. The number of thioether (sulfide) groups is 1. The number of carbonyl (C=O) groups is 1. The van der Waals surface area contributed by atoms with Crippen LogP contribution in [0.1, 0.15) is 13.8 Å². The largest absolute Gasteiger partial charge is 0.324 e. The van der Waals surface area contributed by atoms with Gasteiger partial charge in [-0.15, -0.1) is 10.2 Å².